The smallest absolute Gasteiger partial charge is 0.150 e. The zero-order valence-electron chi connectivity index (χ0n) is 13.6. The van der Waals surface area contributed by atoms with E-state index in [-0.39, 0.29) is 0 Å². The van der Waals surface area contributed by atoms with Crippen molar-refractivity contribution in [3.05, 3.63) is 48.5 Å². The van der Waals surface area contributed by atoms with Crippen molar-refractivity contribution in [1.82, 2.24) is 19.9 Å². The van der Waals surface area contributed by atoms with Crippen LogP contribution in [0.4, 0.5) is 5.82 Å². The minimum atomic E-state index is 0.500. The zero-order chi connectivity index (χ0) is 16.5. The molecule has 3 aromatic heterocycles. The maximum absolute atomic E-state index is 6.16. The Morgan fingerprint density at radius 3 is 2.67 bits per heavy atom. The number of nitrogens with one attached hydrogen (secondary N) is 1. The van der Waals surface area contributed by atoms with Crippen LogP contribution in [-0.2, 0) is 6.42 Å². The van der Waals surface area contributed by atoms with Gasteiger partial charge in [0, 0.05) is 24.2 Å². The molecule has 0 fully saturated rings. The number of benzene rings is 1. The van der Waals surface area contributed by atoms with E-state index in [1.165, 1.54) is 0 Å². The number of nitrogens with two attached hydrogens (primary N) is 1. The first kappa shape index (κ1) is 14.6. The van der Waals surface area contributed by atoms with Gasteiger partial charge in [-0.3, -0.25) is 4.98 Å². The predicted molar refractivity (Wildman–Crippen MR) is 97.7 cm³/mol. The van der Waals surface area contributed by atoms with Crippen molar-refractivity contribution in [3.63, 3.8) is 0 Å². The lowest BCUT2D eigenvalue weighted by Crippen LogP contribution is -1.93. The van der Waals surface area contributed by atoms with Crippen molar-refractivity contribution in [2.45, 2.75) is 26.2 Å². The molecule has 120 valence electrons. The van der Waals surface area contributed by atoms with E-state index in [0.29, 0.717) is 5.82 Å². The van der Waals surface area contributed by atoms with Crippen LogP contribution in [0.5, 0.6) is 0 Å². The maximum atomic E-state index is 6.16. The van der Waals surface area contributed by atoms with Gasteiger partial charge >= 0.3 is 0 Å². The lowest BCUT2D eigenvalue weighted by molar-refractivity contribution is 0.765. The van der Waals surface area contributed by atoms with Gasteiger partial charge in [-0.25, -0.2) is 9.97 Å². The SMILES string of the molecule is CCCCc1nc2c([nH]1)c(N)nc1cc(-c3ccncc3)ccc12. The summed E-state index contributed by atoms with van der Waals surface area (Å²) >= 11 is 0. The van der Waals surface area contributed by atoms with E-state index >= 15 is 0 Å². The number of hydrogen-bond donors (Lipinski definition) is 2. The highest BCUT2D eigenvalue weighted by atomic mass is 15.0. The number of H-pyrrole nitrogens is 1. The number of hydrogen-bond acceptors (Lipinski definition) is 4. The van der Waals surface area contributed by atoms with Crippen LogP contribution in [-0.4, -0.2) is 19.9 Å². The third-order valence-electron chi connectivity index (χ3n) is 4.28. The number of aryl methyl sites for hydroxylation is 1. The van der Waals surface area contributed by atoms with Gasteiger partial charge in [-0.05, 0) is 41.8 Å². The van der Waals surface area contributed by atoms with Gasteiger partial charge in [0.05, 0.1) is 5.52 Å². The molecule has 5 nitrogen and oxygen atoms in total. The predicted octanol–water partition coefficient (Wildman–Crippen LogP) is 4.10. The Labute approximate surface area is 140 Å². The first-order valence-electron chi connectivity index (χ1n) is 8.24. The summed E-state index contributed by atoms with van der Waals surface area (Å²) in [4.78, 5) is 16.7. The molecule has 24 heavy (non-hydrogen) atoms. The molecular formula is C19H19N5. The van der Waals surface area contributed by atoms with Crippen molar-refractivity contribution in [3.8, 4) is 11.1 Å². The van der Waals surface area contributed by atoms with Crippen LogP contribution in [0.1, 0.15) is 25.6 Å². The van der Waals surface area contributed by atoms with E-state index in [0.717, 1.165) is 58.2 Å². The Morgan fingerprint density at radius 1 is 1.04 bits per heavy atom. The molecule has 0 saturated carbocycles. The number of imidazole rings is 1. The zero-order valence-corrected chi connectivity index (χ0v) is 13.6. The summed E-state index contributed by atoms with van der Waals surface area (Å²) in [5.74, 6) is 1.48. The Bertz CT molecular complexity index is 1000. The van der Waals surface area contributed by atoms with Gasteiger partial charge in [0.1, 0.15) is 22.7 Å². The average molecular weight is 317 g/mol. The van der Waals surface area contributed by atoms with Crippen molar-refractivity contribution in [2.75, 3.05) is 5.73 Å². The molecule has 0 saturated heterocycles. The fourth-order valence-corrected chi connectivity index (χ4v) is 3.00. The number of pyridine rings is 2. The van der Waals surface area contributed by atoms with Crippen molar-refractivity contribution < 1.29 is 0 Å². The van der Waals surface area contributed by atoms with E-state index in [2.05, 4.69) is 40.1 Å². The van der Waals surface area contributed by atoms with Crippen LogP contribution in [0.15, 0.2) is 42.7 Å². The lowest BCUT2D eigenvalue weighted by atomic mass is 10.0. The minimum Gasteiger partial charge on any atom is -0.382 e. The summed E-state index contributed by atoms with van der Waals surface area (Å²) in [7, 11) is 0. The first-order chi connectivity index (χ1) is 11.8. The molecule has 0 atom stereocenters. The molecule has 0 amide bonds. The van der Waals surface area contributed by atoms with Gasteiger partial charge < -0.3 is 10.7 Å². The van der Waals surface area contributed by atoms with Crippen LogP contribution in [0.3, 0.4) is 0 Å². The van der Waals surface area contributed by atoms with Gasteiger partial charge in [0.25, 0.3) is 0 Å². The van der Waals surface area contributed by atoms with Crippen molar-refractivity contribution in [1.29, 1.82) is 0 Å². The van der Waals surface area contributed by atoms with Crippen molar-refractivity contribution in [2.24, 2.45) is 0 Å². The molecule has 4 aromatic rings. The van der Waals surface area contributed by atoms with E-state index in [9.17, 15) is 0 Å². The summed E-state index contributed by atoms with van der Waals surface area (Å²) in [6, 6.07) is 10.2. The molecule has 3 heterocycles. The van der Waals surface area contributed by atoms with Gasteiger partial charge in [-0.1, -0.05) is 19.4 Å². The largest absolute Gasteiger partial charge is 0.382 e. The Morgan fingerprint density at radius 2 is 1.88 bits per heavy atom. The lowest BCUT2D eigenvalue weighted by Gasteiger charge is -2.05. The second-order valence-electron chi connectivity index (χ2n) is 5.98. The molecule has 5 heteroatoms. The third-order valence-corrected chi connectivity index (χ3v) is 4.28. The number of aromatic nitrogens is 4. The molecule has 0 radical (unpaired) electrons. The summed E-state index contributed by atoms with van der Waals surface area (Å²) in [5.41, 5.74) is 11.0. The molecule has 0 bridgehead atoms. The molecule has 0 aliphatic rings. The summed E-state index contributed by atoms with van der Waals surface area (Å²) in [5, 5.41) is 1.02. The number of anilines is 1. The standard InChI is InChI=1S/C19H19N5/c1-2-3-4-16-23-17-14-6-5-13(12-7-9-21-10-8-12)11-15(14)22-19(20)18(17)24-16/h5-11H,2-4H2,1H3,(H2,20,22)(H,23,24). The monoisotopic (exact) mass is 317 g/mol. The number of aromatic amines is 1. The summed E-state index contributed by atoms with van der Waals surface area (Å²) in [6.45, 7) is 2.18. The average Bonchev–Trinajstić information content (AvgIpc) is 3.05. The highest BCUT2D eigenvalue weighted by Gasteiger charge is 2.12. The molecule has 0 spiro atoms. The highest BCUT2D eigenvalue weighted by Crippen LogP contribution is 2.29. The molecule has 1 aromatic carbocycles. The van der Waals surface area contributed by atoms with Gasteiger partial charge in [0.2, 0.25) is 0 Å². The normalized spacial score (nSPS) is 11.4. The van der Waals surface area contributed by atoms with Crippen LogP contribution in [0, 0.1) is 0 Å². The van der Waals surface area contributed by atoms with E-state index in [4.69, 9.17) is 10.7 Å². The highest BCUT2D eigenvalue weighted by molar-refractivity contribution is 6.07. The minimum absolute atomic E-state index is 0.500. The second-order valence-corrected chi connectivity index (χ2v) is 5.98. The molecule has 4 rings (SSSR count). The first-order valence-corrected chi connectivity index (χ1v) is 8.24. The number of nitrogens with zero attached hydrogens (tertiary/aromatic N) is 3. The van der Waals surface area contributed by atoms with E-state index in [1.807, 2.05) is 12.1 Å². The number of fused-ring (bicyclic) bond motifs is 3. The summed E-state index contributed by atoms with van der Waals surface area (Å²) in [6.07, 6.45) is 6.76. The quantitative estimate of drug-likeness (QED) is 0.594. The fourth-order valence-electron chi connectivity index (χ4n) is 3.00. The van der Waals surface area contributed by atoms with E-state index < -0.39 is 0 Å². The molecule has 3 N–H and O–H groups in total. The van der Waals surface area contributed by atoms with Gasteiger partial charge in [0.15, 0.2) is 0 Å². The van der Waals surface area contributed by atoms with Crippen LogP contribution >= 0.6 is 0 Å². The number of nitrogen functional groups attached to an aromatic ring is 1. The molecule has 0 unspecified atom stereocenters. The Kier molecular flexibility index (Phi) is 3.61. The summed E-state index contributed by atoms with van der Waals surface area (Å²) < 4.78 is 0. The Hall–Kier alpha value is -2.95. The molecule has 0 aliphatic carbocycles. The second kappa shape index (κ2) is 5.92. The van der Waals surface area contributed by atoms with Gasteiger partial charge in [-0.15, -0.1) is 0 Å². The van der Waals surface area contributed by atoms with Crippen LogP contribution in [0.25, 0.3) is 33.1 Å². The van der Waals surface area contributed by atoms with Gasteiger partial charge in [-0.2, -0.15) is 0 Å². The van der Waals surface area contributed by atoms with Crippen LogP contribution < -0.4 is 5.73 Å². The van der Waals surface area contributed by atoms with E-state index in [1.54, 1.807) is 12.4 Å². The van der Waals surface area contributed by atoms with Crippen molar-refractivity contribution >= 4 is 27.8 Å². The molecular weight excluding hydrogens is 298 g/mol. The third kappa shape index (κ3) is 2.48. The Balaban J connectivity index is 1.88. The maximum Gasteiger partial charge on any atom is 0.150 e. The van der Waals surface area contributed by atoms with Crippen LogP contribution in [0.2, 0.25) is 0 Å². The number of rotatable bonds is 4. The fraction of sp³-hybridized carbons (Fsp3) is 0.211. The molecule has 0 aliphatic heterocycles. The topological polar surface area (TPSA) is 80.5 Å². The number of unbranched alkanes of at least 4 members (excludes halogenated alkanes) is 1.